The van der Waals surface area contributed by atoms with Crippen molar-refractivity contribution >= 4 is 34.1 Å². The molecule has 0 saturated carbocycles. The van der Waals surface area contributed by atoms with Crippen molar-refractivity contribution in [3.8, 4) is 11.5 Å². The quantitative estimate of drug-likeness (QED) is 0.308. The Morgan fingerprint density at radius 2 is 1.75 bits per heavy atom. The van der Waals surface area contributed by atoms with Crippen LogP contribution in [0.3, 0.4) is 0 Å². The number of nitrogens with zero attached hydrogens (tertiary/aromatic N) is 4. The van der Waals surface area contributed by atoms with E-state index in [9.17, 15) is 10.2 Å². The van der Waals surface area contributed by atoms with Crippen molar-refractivity contribution in [3.63, 3.8) is 0 Å². The molecule has 10 nitrogen and oxygen atoms in total. The molecule has 184 valence electrons. The summed E-state index contributed by atoms with van der Waals surface area (Å²) in [7, 11) is 0. The third-order valence-corrected chi connectivity index (χ3v) is 5.84. The molecule has 0 amide bonds. The van der Waals surface area contributed by atoms with Crippen molar-refractivity contribution < 1.29 is 19.7 Å². The lowest BCUT2D eigenvalue weighted by molar-refractivity contribution is 0.0976. The Balaban J connectivity index is 1.36. The summed E-state index contributed by atoms with van der Waals surface area (Å²) in [6.07, 6.45) is 3.21. The Bertz CT molecular complexity index is 1420. The maximum Gasteiger partial charge on any atom is 0.290 e. The normalized spacial score (nSPS) is 14.3. The number of aromatic nitrogens is 3. The van der Waals surface area contributed by atoms with E-state index in [1.54, 1.807) is 6.20 Å². The van der Waals surface area contributed by atoms with Crippen LogP contribution in [0.25, 0.3) is 10.9 Å². The minimum Gasteiger partial charge on any atom is -0.462 e. The summed E-state index contributed by atoms with van der Waals surface area (Å²) in [5.41, 5.74) is 3.17. The number of rotatable bonds is 7. The van der Waals surface area contributed by atoms with Gasteiger partial charge in [0, 0.05) is 22.5 Å². The van der Waals surface area contributed by atoms with Gasteiger partial charge in [0.25, 0.3) is 6.02 Å². The first-order chi connectivity index (χ1) is 17.5. The van der Waals surface area contributed by atoms with Gasteiger partial charge in [-0.15, -0.1) is 0 Å². The van der Waals surface area contributed by atoms with Gasteiger partial charge in [-0.05, 0) is 67.9 Å². The Labute approximate surface area is 207 Å². The zero-order valence-electron chi connectivity index (χ0n) is 19.9. The van der Waals surface area contributed by atoms with Gasteiger partial charge in [0.05, 0.1) is 24.9 Å². The topological polar surface area (TPSA) is 134 Å². The van der Waals surface area contributed by atoms with E-state index >= 15 is 0 Å². The standard InChI is InChI=1S/C26H26N6O4/c1-16-9-18(5-8-23(16)36-20-6-3-17(2)27-11-20)30-24-21-10-19(4-7-22(21)28-15-29-24)31-25-32-26(12-33,13-34)14-35-25/h3-11,15,33-34H,12-14H2,1-2H3,(H,31,32)(H,28,29,30). The largest absolute Gasteiger partial charge is 0.462 e. The molecule has 0 atom stereocenters. The molecule has 3 heterocycles. The molecule has 0 aliphatic carbocycles. The molecule has 4 N–H and O–H groups in total. The number of nitrogens with one attached hydrogen (secondary N) is 2. The van der Waals surface area contributed by atoms with E-state index in [0.29, 0.717) is 17.3 Å². The highest BCUT2D eigenvalue weighted by atomic mass is 16.5. The van der Waals surface area contributed by atoms with Gasteiger partial charge < -0.3 is 30.3 Å². The van der Waals surface area contributed by atoms with Crippen LogP contribution < -0.4 is 15.4 Å². The summed E-state index contributed by atoms with van der Waals surface area (Å²) >= 11 is 0. The van der Waals surface area contributed by atoms with E-state index in [2.05, 4.69) is 30.6 Å². The highest BCUT2D eigenvalue weighted by molar-refractivity contribution is 5.97. The molecule has 1 aliphatic heterocycles. The second kappa shape index (κ2) is 9.76. The smallest absolute Gasteiger partial charge is 0.290 e. The lowest BCUT2D eigenvalue weighted by Gasteiger charge is -2.16. The molecule has 0 bridgehead atoms. The number of ether oxygens (including phenoxy) is 2. The van der Waals surface area contributed by atoms with Crippen LogP contribution in [0, 0.1) is 13.8 Å². The number of aliphatic hydroxyl groups is 2. The summed E-state index contributed by atoms with van der Waals surface area (Å²) in [4.78, 5) is 17.4. The molecule has 1 aliphatic rings. The third-order valence-electron chi connectivity index (χ3n) is 5.84. The number of anilines is 3. The van der Waals surface area contributed by atoms with Gasteiger partial charge in [0.15, 0.2) is 0 Å². The van der Waals surface area contributed by atoms with Crippen molar-refractivity contribution in [2.24, 2.45) is 4.99 Å². The fraction of sp³-hybridized carbons (Fsp3) is 0.231. The molecule has 2 aromatic carbocycles. The SMILES string of the molecule is Cc1ccc(Oc2ccc(Nc3ncnc4ccc(NC5=NC(CO)(CO)CO5)cc34)cc2C)cn1. The van der Waals surface area contributed by atoms with Crippen LogP contribution >= 0.6 is 0 Å². The lowest BCUT2D eigenvalue weighted by atomic mass is 10.1. The minimum absolute atomic E-state index is 0.102. The number of hydrogen-bond acceptors (Lipinski definition) is 10. The van der Waals surface area contributed by atoms with E-state index < -0.39 is 5.54 Å². The van der Waals surface area contributed by atoms with Gasteiger partial charge >= 0.3 is 0 Å². The molecular weight excluding hydrogens is 460 g/mol. The van der Waals surface area contributed by atoms with Gasteiger partial charge in [-0.1, -0.05) is 0 Å². The second-order valence-electron chi connectivity index (χ2n) is 8.67. The van der Waals surface area contributed by atoms with Crippen LogP contribution in [0.1, 0.15) is 11.3 Å². The van der Waals surface area contributed by atoms with E-state index in [0.717, 1.165) is 33.6 Å². The van der Waals surface area contributed by atoms with Crippen LogP contribution in [0.2, 0.25) is 0 Å². The summed E-state index contributed by atoms with van der Waals surface area (Å²) in [6, 6.07) is 15.4. The highest BCUT2D eigenvalue weighted by Crippen LogP contribution is 2.30. The first kappa shape index (κ1) is 23.5. The Kier molecular flexibility index (Phi) is 6.36. The molecule has 0 radical (unpaired) electrons. The van der Waals surface area contributed by atoms with Crippen LogP contribution in [0.5, 0.6) is 11.5 Å². The first-order valence-electron chi connectivity index (χ1n) is 11.4. The average Bonchev–Trinajstić information content (AvgIpc) is 3.31. The highest BCUT2D eigenvalue weighted by Gasteiger charge is 2.35. The zero-order valence-corrected chi connectivity index (χ0v) is 19.9. The fourth-order valence-corrected chi connectivity index (χ4v) is 3.74. The maximum atomic E-state index is 9.53. The predicted molar refractivity (Wildman–Crippen MR) is 137 cm³/mol. The Morgan fingerprint density at radius 1 is 0.944 bits per heavy atom. The summed E-state index contributed by atoms with van der Waals surface area (Å²) in [6.45, 7) is 3.40. The van der Waals surface area contributed by atoms with E-state index in [1.165, 1.54) is 6.33 Å². The molecule has 0 spiro atoms. The maximum absolute atomic E-state index is 9.53. The summed E-state index contributed by atoms with van der Waals surface area (Å²) in [5, 5.41) is 26.3. The van der Waals surface area contributed by atoms with Crippen molar-refractivity contribution in [1.82, 2.24) is 15.0 Å². The zero-order chi connectivity index (χ0) is 25.1. The summed E-state index contributed by atoms with van der Waals surface area (Å²) < 4.78 is 11.5. The van der Waals surface area contributed by atoms with E-state index in [1.807, 2.05) is 62.4 Å². The van der Waals surface area contributed by atoms with Gasteiger partial charge in [-0.2, -0.15) is 0 Å². The molecule has 0 saturated heterocycles. The first-order valence-corrected chi connectivity index (χ1v) is 11.4. The van der Waals surface area contributed by atoms with Crippen molar-refractivity contribution in [2.75, 3.05) is 30.5 Å². The van der Waals surface area contributed by atoms with Crippen LogP contribution in [-0.4, -0.2) is 56.5 Å². The number of aliphatic imine (C=N–C) groups is 1. The van der Waals surface area contributed by atoms with Gasteiger partial charge in [-0.3, -0.25) is 4.98 Å². The average molecular weight is 487 g/mol. The summed E-state index contributed by atoms with van der Waals surface area (Å²) in [5.74, 6) is 2.05. The number of hydrogen-bond donors (Lipinski definition) is 4. The fourth-order valence-electron chi connectivity index (χ4n) is 3.74. The molecular formula is C26H26N6O4. The number of benzene rings is 2. The van der Waals surface area contributed by atoms with Gasteiger partial charge in [0.1, 0.15) is 35.8 Å². The van der Waals surface area contributed by atoms with Crippen LogP contribution in [0.4, 0.5) is 17.2 Å². The van der Waals surface area contributed by atoms with Crippen molar-refractivity contribution in [2.45, 2.75) is 19.4 Å². The molecule has 0 fully saturated rings. The number of amidine groups is 1. The molecule has 36 heavy (non-hydrogen) atoms. The minimum atomic E-state index is -1.03. The predicted octanol–water partition coefficient (Wildman–Crippen LogP) is 3.70. The van der Waals surface area contributed by atoms with E-state index in [-0.39, 0.29) is 25.8 Å². The number of aryl methyl sites for hydroxylation is 2. The number of pyridine rings is 1. The van der Waals surface area contributed by atoms with Crippen molar-refractivity contribution in [3.05, 3.63) is 72.3 Å². The monoisotopic (exact) mass is 486 g/mol. The Morgan fingerprint density at radius 3 is 2.47 bits per heavy atom. The van der Waals surface area contributed by atoms with Gasteiger partial charge in [0.2, 0.25) is 0 Å². The molecule has 4 aromatic rings. The number of aliphatic hydroxyl groups excluding tert-OH is 2. The molecule has 0 unspecified atom stereocenters. The van der Waals surface area contributed by atoms with Crippen molar-refractivity contribution in [1.29, 1.82) is 0 Å². The second-order valence-corrected chi connectivity index (χ2v) is 8.67. The number of fused-ring (bicyclic) bond motifs is 1. The van der Waals surface area contributed by atoms with Crippen LogP contribution in [-0.2, 0) is 4.74 Å². The molecule has 5 rings (SSSR count). The Hall–Kier alpha value is -4.28. The lowest BCUT2D eigenvalue weighted by Crippen LogP contribution is -2.37. The van der Waals surface area contributed by atoms with Crippen LogP contribution in [0.15, 0.2) is 66.0 Å². The van der Waals surface area contributed by atoms with E-state index in [4.69, 9.17) is 9.47 Å². The molecule has 2 aromatic heterocycles. The molecule has 10 heteroatoms. The van der Waals surface area contributed by atoms with Gasteiger partial charge in [-0.25, -0.2) is 15.0 Å². The third kappa shape index (κ3) is 4.90.